The van der Waals surface area contributed by atoms with Crippen molar-refractivity contribution < 1.29 is 4.42 Å². The second-order valence-corrected chi connectivity index (χ2v) is 3.61. The van der Waals surface area contributed by atoms with Gasteiger partial charge in [0, 0.05) is 12.0 Å². The van der Waals surface area contributed by atoms with Gasteiger partial charge in [0.2, 0.25) is 0 Å². The fourth-order valence-electron chi connectivity index (χ4n) is 1.61. The number of nitriles is 1. The molecule has 0 aliphatic rings. The van der Waals surface area contributed by atoms with Gasteiger partial charge in [0.1, 0.15) is 5.76 Å². The Morgan fingerprint density at radius 1 is 1.53 bits per heavy atom. The van der Waals surface area contributed by atoms with Gasteiger partial charge in [-0.05, 0) is 18.6 Å². The standard InChI is InChI=1S/C13H17NO/c1-2-3-4-7-12(8-5-10-14)13-9-6-11-15-13/h5-6,8-9,11-12H,2-4,7H2,1H3/b8-5+. The van der Waals surface area contributed by atoms with Crippen LogP contribution in [-0.2, 0) is 0 Å². The minimum Gasteiger partial charge on any atom is -0.469 e. The van der Waals surface area contributed by atoms with Crippen molar-refractivity contribution in [3.8, 4) is 6.07 Å². The van der Waals surface area contributed by atoms with Crippen molar-refractivity contribution in [2.45, 2.75) is 38.5 Å². The molecule has 0 aliphatic heterocycles. The van der Waals surface area contributed by atoms with E-state index in [1.54, 1.807) is 12.3 Å². The summed E-state index contributed by atoms with van der Waals surface area (Å²) >= 11 is 0. The van der Waals surface area contributed by atoms with E-state index in [1.807, 2.05) is 24.3 Å². The summed E-state index contributed by atoms with van der Waals surface area (Å²) in [5.41, 5.74) is 0. The molecule has 0 spiro atoms. The number of unbranched alkanes of at least 4 members (excludes halogenated alkanes) is 2. The molecule has 0 N–H and O–H groups in total. The van der Waals surface area contributed by atoms with Crippen LogP contribution in [0, 0.1) is 11.3 Å². The smallest absolute Gasteiger partial charge is 0.110 e. The van der Waals surface area contributed by atoms with Crippen LogP contribution >= 0.6 is 0 Å². The van der Waals surface area contributed by atoms with Gasteiger partial charge in [-0.2, -0.15) is 5.26 Å². The monoisotopic (exact) mass is 203 g/mol. The van der Waals surface area contributed by atoms with Gasteiger partial charge in [-0.3, -0.25) is 0 Å². The highest BCUT2D eigenvalue weighted by atomic mass is 16.3. The zero-order valence-corrected chi connectivity index (χ0v) is 9.15. The lowest BCUT2D eigenvalue weighted by atomic mass is 9.98. The number of furan rings is 1. The lowest BCUT2D eigenvalue weighted by Gasteiger charge is -2.08. The minimum absolute atomic E-state index is 0.256. The van der Waals surface area contributed by atoms with Gasteiger partial charge in [0.15, 0.2) is 0 Å². The molecule has 0 amide bonds. The summed E-state index contributed by atoms with van der Waals surface area (Å²) < 4.78 is 5.36. The van der Waals surface area contributed by atoms with Gasteiger partial charge in [-0.15, -0.1) is 0 Å². The average Bonchev–Trinajstić information content (AvgIpc) is 2.76. The number of hydrogen-bond acceptors (Lipinski definition) is 2. The topological polar surface area (TPSA) is 36.9 Å². The molecular weight excluding hydrogens is 186 g/mol. The maximum absolute atomic E-state index is 8.52. The van der Waals surface area contributed by atoms with Crippen LogP contribution in [0.25, 0.3) is 0 Å². The Balaban J connectivity index is 2.55. The second-order valence-electron chi connectivity index (χ2n) is 3.61. The molecule has 1 aromatic rings. The summed E-state index contributed by atoms with van der Waals surface area (Å²) in [6, 6.07) is 5.89. The van der Waals surface area contributed by atoms with Crippen LogP contribution in [0.5, 0.6) is 0 Å². The predicted octanol–water partition coefficient (Wildman–Crippen LogP) is 4.02. The fraction of sp³-hybridized carbons (Fsp3) is 0.462. The first-order valence-corrected chi connectivity index (χ1v) is 5.48. The summed E-state index contributed by atoms with van der Waals surface area (Å²) in [4.78, 5) is 0. The Morgan fingerprint density at radius 2 is 2.40 bits per heavy atom. The molecule has 0 bridgehead atoms. The number of rotatable bonds is 6. The van der Waals surface area contributed by atoms with Gasteiger partial charge in [0.25, 0.3) is 0 Å². The van der Waals surface area contributed by atoms with Crippen molar-refractivity contribution in [1.29, 1.82) is 5.26 Å². The molecule has 2 nitrogen and oxygen atoms in total. The molecule has 0 radical (unpaired) electrons. The molecule has 80 valence electrons. The third-order valence-corrected chi connectivity index (χ3v) is 2.43. The molecule has 1 heterocycles. The maximum Gasteiger partial charge on any atom is 0.110 e. The first kappa shape index (κ1) is 11.6. The normalized spacial score (nSPS) is 12.8. The van der Waals surface area contributed by atoms with Crippen LogP contribution in [-0.4, -0.2) is 0 Å². The van der Waals surface area contributed by atoms with E-state index in [-0.39, 0.29) is 5.92 Å². The highest BCUT2D eigenvalue weighted by molar-refractivity contribution is 5.16. The molecule has 15 heavy (non-hydrogen) atoms. The molecule has 0 aliphatic carbocycles. The van der Waals surface area contributed by atoms with E-state index in [1.165, 1.54) is 19.3 Å². The third kappa shape index (κ3) is 4.03. The first-order chi connectivity index (χ1) is 7.38. The maximum atomic E-state index is 8.52. The number of hydrogen-bond donors (Lipinski definition) is 0. The lowest BCUT2D eigenvalue weighted by molar-refractivity contribution is 0.470. The van der Waals surface area contributed by atoms with Crippen molar-refractivity contribution in [3.63, 3.8) is 0 Å². The second kappa shape index (κ2) is 6.89. The van der Waals surface area contributed by atoms with E-state index >= 15 is 0 Å². The Hall–Kier alpha value is -1.49. The number of allylic oxidation sites excluding steroid dienone is 2. The molecule has 0 fully saturated rings. The van der Waals surface area contributed by atoms with Crippen LogP contribution in [0.2, 0.25) is 0 Å². The summed E-state index contributed by atoms with van der Waals surface area (Å²) in [6.07, 6.45) is 9.83. The van der Waals surface area contributed by atoms with E-state index in [2.05, 4.69) is 6.92 Å². The van der Waals surface area contributed by atoms with Crippen LogP contribution < -0.4 is 0 Å². The predicted molar refractivity (Wildman–Crippen MR) is 60.3 cm³/mol. The van der Waals surface area contributed by atoms with E-state index in [9.17, 15) is 0 Å². The minimum atomic E-state index is 0.256. The van der Waals surface area contributed by atoms with Gasteiger partial charge >= 0.3 is 0 Å². The third-order valence-electron chi connectivity index (χ3n) is 2.43. The van der Waals surface area contributed by atoms with Gasteiger partial charge in [-0.25, -0.2) is 0 Å². The van der Waals surface area contributed by atoms with Crippen molar-refractivity contribution in [2.24, 2.45) is 0 Å². The van der Waals surface area contributed by atoms with Crippen LogP contribution in [0.3, 0.4) is 0 Å². The highest BCUT2D eigenvalue weighted by Crippen LogP contribution is 2.24. The fourth-order valence-corrected chi connectivity index (χ4v) is 1.61. The molecule has 2 heteroatoms. The van der Waals surface area contributed by atoms with E-state index in [0.717, 1.165) is 12.2 Å². The summed E-state index contributed by atoms with van der Waals surface area (Å²) in [7, 11) is 0. The zero-order valence-electron chi connectivity index (χ0n) is 9.15. The zero-order chi connectivity index (χ0) is 10.9. The summed E-state index contributed by atoms with van der Waals surface area (Å²) in [5, 5.41) is 8.52. The van der Waals surface area contributed by atoms with Gasteiger partial charge in [-0.1, -0.05) is 32.3 Å². The van der Waals surface area contributed by atoms with Crippen molar-refractivity contribution in [3.05, 3.63) is 36.3 Å². The SMILES string of the molecule is CCCCCC(/C=C/C#N)c1ccco1. The van der Waals surface area contributed by atoms with Gasteiger partial charge < -0.3 is 4.42 Å². The van der Waals surface area contributed by atoms with E-state index in [0.29, 0.717) is 0 Å². The first-order valence-electron chi connectivity index (χ1n) is 5.48. The molecule has 1 aromatic heterocycles. The molecular formula is C13H17NO. The largest absolute Gasteiger partial charge is 0.469 e. The molecule has 0 aromatic carbocycles. The van der Waals surface area contributed by atoms with Crippen LogP contribution in [0.15, 0.2) is 35.0 Å². The average molecular weight is 203 g/mol. The quantitative estimate of drug-likeness (QED) is 0.517. The Labute approximate surface area is 91.2 Å². The van der Waals surface area contributed by atoms with E-state index in [4.69, 9.17) is 9.68 Å². The Morgan fingerprint density at radius 3 is 3.00 bits per heavy atom. The molecule has 0 saturated heterocycles. The summed E-state index contributed by atoms with van der Waals surface area (Å²) in [5.74, 6) is 1.21. The van der Waals surface area contributed by atoms with Crippen molar-refractivity contribution in [1.82, 2.24) is 0 Å². The van der Waals surface area contributed by atoms with Crippen LogP contribution in [0.1, 0.15) is 44.3 Å². The lowest BCUT2D eigenvalue weighted by Crippen LogP contribution is -1.93. The number of nitrogens with zero attached hydrogens (tertiary/aromatic N) is 1. The molecule has 1 rings (SSSR count). The molecule has 0 saturated carbocycles. The van der Waals surface area contributed by atoms with Crippen molar-refractivity contribution in [2.75, 3.05) is 0 Å². The van der Waals surface area contributed by atoms with E-state index < -0.39 is 0 Å². The van der Waals surface area contributed by atoms with Gasteiger partial charge in [0.05, 0.1) is 12.3 Å². The highest BCUT2D eigenvalue weighted by Gasteiger charge is 2.09. The Bertz CT molecular complexity index is 319. The molecule has 1 unspecified atom stereocenters. The Kier molecular flexibility index (Phi) is 5.32. The van der Waals surface area contributed by atoms with Crippen LogP contribution in [0.4, 0.5) is 0 Å². The van der Waals surface area contributed by atoms with Crippen molar-refractivity contribution >= 4 is 0 Å². The molecule has 1 atom stereocenters. The summed E-state index contributed by atoms with van der Waals surface area (Å²) in [6.45, 7) is 2.19.